The number of aromatic nitrogens is 2. The van der Waals surface area contributed by atoms with Gasteiger partial charge in [-0.2, -0.15) is 0 Å². The van der Waals surface area contributed by atoms with Gasteiger partial charge >= 0.3 is 0 Å². The Morgan fingerprint density at radius 1 is 1.26 bits per heavy atom. The number of ether oxygens (including phenoxy) is 1. The maximum atomic E-state index is 12.0. The predicted octanol–water partition coefficient (Wildman–Crippen LogP) is 3.71. The number of hydrogen-bond acceptors (Lipinski definition) is 5. The molecule has 1 N–H and O–H groups in total. The second kappa shape index (κ2) is 8.62. The van der Waals surface area contributed by atoms with Gasteiger partial charge in [-0.05, 0) is 30.5 Å². The standard InChI is InChI=1S/C17H23N3O2S/c1-4-5-12(2)16(21)18-17-20-19-15(23-17)11-8-13-6-9-14(22-3)10-7-13/h6-7,9-10,12H,4-5,8,11H2,1-3H3,(H,18,20,21). The zero-order valence-corrected chi connectivity index (χ0v) is 14.7. The van der Waals surface area contributed by atoms with Crippen molar-refractivity contribution < 1.29 is 9.53 Å². The molecule has 1 atom stereocenters. The highest BCUT2D eigenvalue weighted by molar-refractivity contribution is 7.15. The summed E-state index contributed by atoms with van der Waals surface area (Å²) in [5.41, 5.74) is 1.23. The zero-order valence-electron chi connectivity index (χ0n) is 13.8. The Morgan fingerprint density at radius 3 is 2.65 bits per heavy atom. The van der Waals surface area contributed by atoms with E-state index in [0.29, 0.717) is 5.13 Å². The molecule has 0 fully saturated rings. The van der Waals surface area contributed by atoms with E-state index in [2.05, 4.69) is 34.6 Å². The number of methoxy groups -OCH3 is 1. The number of amides is 1. The Kier molecular flexibility index (Phi) is 6.52. The summed E-state index contributed by atoms with van der Waals surface area (Å²) in [6.45, 7) is 4.01. The van der Waals surface area contributed by atoms with Crippen molar-refractivity contribution in [3.8, 4) is 5.75 Å². The van der Waals surface area contributed by atoms with Crippen LogP contribution >= 0.6 is 11.3 Å². The summed E-state index contributed by atoms with van der Waals surface area (Å²) in [7, 11) is 1.66. The fourth-order valence-corrected chi connectivity index (χ4v) is 2.98. The van der Waals surface area contributed by atoms with Crippen molar-refractivity contribution in [1.29, 1.82) is 0 Å². The lowest BCUT2D eigenvalue weighted by atomic mass is 10.1. The normalized spacial score (nSPS) is 12.0. The number of hydrogen-bond donors (Lipinski definition) is 1. The van der Waals surface area contributed by atoms with Gasteiger partial charge in [0.1, 0.15) is 10.8 Å². The molecule has 0 saturated carbocycles. The van der Waals surface area contributed by atoms with Crippen LogP contribution in [0.15, 0.2) is 24.3 Å². The minimum atomic E-state index is 0.00616. The molecule has 5 nitrogen and oxygen atoms in total. The van der Waals surface area contributed by atoms with Crippen LogP contribution in [0, 0.1) is 5.92 Å². The molecule has 0 aliphatic carbocycles. The topological polar surface area (TPSA) is 64.1 Å². The lowest BCUT2D eigenvalue weighted by Gasteiger charge is -2.07. The van der Waals surface area contributed by atoms with Gasteiger partial charge in [0.25, 0.3) is 0 Å². The van der Waals surface area contributed by atoms with Crippen LogP contribution in [0.2, 0.25) is 0 Å². The number of rotatable bonds is 8. The van der Waals surface area contributed by atoms with Crippen LogP contribution in [0.1, 0.15) is 37.3 Å². The molecule has 1 aromatic carbocycles. The minimum absolute atomic E-state index is 0.00616. The molecular formula is C17H23N3O2S. The Balaban J connectivity index is 1.85. The summed E-state index contributed by atoms with van der Waals surface area (Å²) in [6, 6.07) is 8.01. The summed E-state index contributed by atoms with van der Waals surface area (Å²) < 4.78 is 5.15. The van der Waals surface area contributed by atoms with Crippen molar-refractivity contribution in [2.24, 2.45) is 5.92 Å². The van der Waals surface area contributed by atoms with Crippen molar-refractivity contribution >= 4 is 22.4 Å². The first-order chi connectivity index (χ1) is 11.1. The molecular weight excluding hydrogens is 310 g/mol. The largest absolute Gasteiger partial charge is 0.497 e. The van der Waals surface area contributed by atoms with Crippen molar-refractivity contribution in [2.75, 3.05) is 12.4 Å². The van der Waals surface area contributed by atoms with Crippen LogP contribution < -0.4 is 10.1 Å². The zero-order chi connectivity index (χ0) is 16.7. The van der Waals surface area contributed by atoms with Crippen molar-refractivity contribution in [1.82, 2.24) is 10.2 Å². The molecule has 23 heavy (non-hydrogen) atoms. The van der Waals surface area contributed by atoms with E-state index in [4.69, 9.17) is 4.74 Å². The molecule has 6 heteroatoms. The fourth-order valence-electron chi connectivity index (χ4n) is 2.24. The summed E-state index contributed by atoms with van der Waals surface area (Å²) in [6.07, 6.45) is 3.58. The van der Waals surface area contributed by atoms with Gasteiger partial charge in [0.05, 0.1) is 7.11 Å². The smallest absolute Gasteiger partial charge is 0.229 e. The molecule has 2 aromatic rings. The van der Waals surface area contributed by atoms with Crippen LogP contribution in [0.4, 0.5) is 5.13 Å². The third kappa shape index (κ3) is 5.32. The first-order valence-electron chi connectivity index (χ1n) is 7.88. The molecule has 1 amide bonds. The molecule has 0 radical (unpaired) electrons. The van der Waals surface area contributed by atoms with Gasteiger partial charge in [-0.25, -0.2) is 0 Å². The molecule has 1 heterocycles. The van der Waals surface area contributed by atoms with E-state index in [1.165, 1.54) is 16.9 Å². The van der Waals surface area contributed by atoms with Gasteiger partial charge in [-0.1, -0.05) is 43.7 Å². The van der Waals surface area contributed by atoms with E-state index in [0.717, 1.165) is 36.4 Å². The SMILES string of the molecule is CCCC(C)C(=O)Nc1nnc(CCc2ccc(OC)cc2)s1. The Morgan fingerprint density at radius 2 is 2.00 bits per heavy atom. The van der Waals surface area contributed by atoms with Gasteiger partial charge in [-0.15, -0.1) is 10.2 Å². The van der Waals surface area contributed by atoms with E-state index >= 15 is 0 Å². The summed E-state index contributed by atoms with van der Waals surface area (Å²) in [4.78, 5) is 12.0. The van der Waals surface area contributed by atoms with E-state index < -0.39 is 0 Å². The Labute approximate surface area is 141 Å². The minimum Gasteiger partial charge on any atom is -0.497 e. The van der Waals surface area contributed by atoms with Crippen molar-refractivity contribution in [3.63, 3.8) is 0 Å². The highest BCUT2D eigenvalue weighted by Crippen LogP contribution is 2.19. The number of nitrogens with zero attached hydrogens (tertiary/aromatic N) is 2. The molecule has 0 bridgehead atoms. The highest BCUT2D eigenvalue weighted by Gasteiger charge is 2.14. The molecule has 0 aliphatic rings. The number of aryl methyl sites for hydroxylation is 2. The van der Waals surface area contributed by atoms with E-state index in [9.17, 15) is 4.79 Å². The average molecular weight is 333 g/mol. The van der Waals surface area contributed by atoms with Gasteiger partial charge in [0.15, 0.2) is 0 Å². The number of carbonyl (C=O) groups is 1. The Hall–Kier alpha value is -1.95. The van der Waals surface area contributed by atoms with E-state index in [1.54, 1.807) is 7.11 Å². The van der Waals surface area contributed by atoms with Crippen LogP contribution in [0.3, 0.4) is 0 Å². The third-order valence-corrected chi connectivity index (χ3v) is 4.55. The maximum Gasteiger partial charge on any atom is 0.229 e. The first-order valence-corrected chi connectivity index (χ1v) is 8.70. The summed E-state index contributed by atoms with van der Waals surface area (Å²) >= 11 is 1.44. The van der Waals surface area contributed by atoms with Crippen LogP contribution in [-0.2, 0) is 17.6 Å². The second-order valence-electron chi connectivity index (χ2n) is 5.53. The van der Waals surface area contributed by atoms with Gasteiger partial charge in [-0.3, -0.25) is 4.79 Å². The summed E-state index contributed by atoms with van der Waals surface area (Å²) in [5, 5.41) is 12.6. The lowest BCUT2D eigenvalue weighted by molar-refractivity contribution is -0.119. The van der Waals surface area contributed by atoms with Crippen molar-refractivity contribution in [2.45, 2.75) is 39.5 Å². The molecule has 0 aliphatic heterocycles. The van der Waals surface area contributed by atoms with Crippen LogP contribution in [0.5, 0.6) is 5.75 Å². The molecule has 2 rings (SSSR count). The Bertz CT molecular complexity index is 625. The number of carbonyl (C=O) groups excluding carboxylic acids is 1. The van der Waals surface area contributed by atoms with Gasteiger partial charge < -0.3 is 10.1 Å². The predicted molar refractivity (Wildman–Crippen MR) is 93.0 cm³/mol. The first kappa shape index (κ1) is 17.4. The average Bonchev–Trinajstić information content (AvgIpc) is 3.01. The molecule has 124 valence electrons. The number of benzene rings is 1. The lowest BCUT2D eigenvalue weighted by Crippen LogP contribution is -2.20. The number of nitrogens with one attached hydrogen (secondary N) is 1. The summed E-state index contributed by atoms with van der Waals surface area (Å²) in [5.74, 6) is 0.882. The second-order valence-corrected chi connectivity index (χ2v) is 6.59. The molecule has 0 spiro atoms. The number of anilines is 1. The molecule has 1 unspecified atom stereocenters. The molecule has 0 saturated heterocycles. The third-order valence-electron chi connectivity index (χ3n) is 3.65. The quantitative estimate of drug-likeness (QED) is 0.800. The van der Waals surface area contributed by atoms with E-state index in [1.807, 2.05) is 19.1 Å². The van der Waals surface area contributed by atoms with Crippen LogP contribution in [0.25, 0.3) is 0 Å². The van der Waals surface area contributed by atoms with Gasteiger partial charge in [0, 0.05) is 12.3 Å². The monoisotopic (exact) mass is 333 g/mol. The maximum absolute atomic E-state index is 12.0. The van der Waals surface area contributed by atoms with Crippen LogP contribution in [-0.4, -0.2) is 23.2 Å². The van der Waals surface area contributed by atoms with E-state index in [-0.39, 0.29) is 11.8 Å². The van der Waals surface area contributed by atoms with Crippen molar-refractivity contribution in [3.05, 3.63) is 34.8 Å². The highest BCUT2D eigenvalue weighted by atomic mass is 32.1. The van der Waals surface area contributed by atoms with Gasteiger partial charge in [0.2, 0.25) is 11.0 Å². The molecule has 1 aromatic heterocycles. The fraction of sp³-hybridized carbons (Fsp3) is 0.471.